The molecule has 0 unspecified atom stereocenters. The molecule has 0 fully saturated rings. The third-order valence-electron chi connectivity index (χ3n) is 2.22. The second kappa shape index (κ2) is 5.37. The van der Waals surface area contributed by atoms with E-state index in [9.17, 15) is 4.79 Å². The molecule has 0 spiro atoms. The zero-order chi connectivity index (χ0) is 13.1. The maximum atomic E-state index is 10.6. The second-order valence-electron chi connectivity index (χ2n) is 3.54. The lowest BCUT2D eigenvalue weighted by Crippen LogP contribution is -1.92. The fourth-order valence-electron chi connectivity index (χ4n) is 1.35. The first-order chi connectivity index (χ1) is 8.56. The van der Waals surface area contributed by atoms with Crippen LogP contribution in [0.15, 0.2) is 39.6 Å². The molecule has 0 radical (unpaired) electrons. The third kappa shape index (κ3) is 3.00. The van der Waals surface area contributed by atoms with Crippen molar-refractivity contribution in [3.63, 3.8) is 0 Å². The Bertz CT molecular complexity index is 582. The SMILES string of the molecule is Nc1ccc(Cl)cc1SCc1ccc(C(=O)O)o1. The van der Waals surface area contributed by atoms with Gasteiger partial charge in [-0.15, -0.1) is 11.8 Å². The average Bonchev–Trinajstić information content (AvgIpc) is 2.79. The highest BCUT2D eigenvalue weighted by atomic mass is 35.5. The van der Waals surface area contributed by atoms with Crippen LogP contribution in [0.25, 0.3) is 0 Å². The molecular formula is C12H10ClNO3S. The zero-order valence-corrected chi connectivity index (χ0v) is 10.8. The van der Waals surface area contributed by atoms with E-state index in [1.807, 2.05) is 0 Å². The number of benzene rings is 1. The Kier molecular flexibility index (Phi) is 3.84. The Morgan fingerprint density at radius 3 is 2.83 bits per heavy atom. The minimum Gasteiger partial charge on any atom is -0.475 e. The first kappa shape index (κ1) is 12.9. The molecule has 2 rings (SSSR count). The summed E-state index contributed by atoms with van der Waals surface area (Å²) < 4.78 is 5.14. The van der Waals surface area contributed by atoms with Crippen molar-refractivity contribution in [3.8, 4) is 0 Å². The molecule has 0 aliphatic carbocycles. The molecule has 0 saturated carbocycles. The summed E-state index contributed by atoms with van der Waals surface area (Å²) in [6, 6.07) is 8.28. The van der Waals surface area contributed by atoms with E-state index >= 15 is 0 Å². The summed E-state index contributed by atoms with van der Waals surface area (Å²) in [6.07, 6.45) is 0. The molecule has 94 valence electrons. The van der Waals surface area contributed by atoms with Gasteiger partial charge in [-0.2, -0.15) is 0 Å². The van der Waals surface area contributed by atoms with Gasteiger partial charge in [0.1, 0.15) is 5.76 Å². The van der Waals surface area contributed by atoms with Gasteiger partial charge >= 0.3 is 5.97 Å². The van der Waals surface area contributed by atoms with Crippen molar-refractivity contribution in [2.24, 2.45) is 0 Å². The summed E-state index contributed by atoms with van der Waals surface area (Å²) in [5.41, 5.74) is 6.44. The number of carbonyl (C=O) groups is 1. The largest absolute Gasteiger partial charge is 0.475 e. The van der Waals surface area contributed by atoms with Crippen LogP contribution in [-0.4, -0.2) is 11.1 Å². The highest BCUT2D eigenvalue weighted by molar-refractivity contribution is 7.98. The fourth-order valence-corrected chi connectivity index (χ4v) is 2.49. The molecule has 3 N–H and O–H groups in total. The summed E-state index contributed by atoms with van der Waals surface area (Å²) in [5.74, 6) is -0.0624. The predicted molar refractivity (Wildman–Crippen MR) is 71.1 cm³/mol. The van der Waals surface area contributed by atoms with E-state index in [0.717, 1.165) is 4.90 Å². The lowest BCUT2D eigenvalue weighted by atomic mass is 10.3. The maximum Gasteiger partial charge on any atom is 0.371 e. The minimum absolute atomic E-state index is 0.0651. The monoisotopic (exact) mass is 283 g/mol. The third-order valence-corrected chi connectivity index (χ3v) is 3.55. The Morgan fingerprint density at radius 2 is 2.17 bits per heavy atom. The summed E-state index contributed by atoms with van der Waals surface area (Å²) in [4.78, 5) is 11.5. The fraction of sp³-hybridized carbons (Fsp3) is 0.0833. The molecular weight excluding hydrogens is 274 g/mol. The van der Waals surface area contributed by atoms with Crippen molar-refractivity contribution >= 4 is 35.0 Å². The van der Waals surface area contributed by atoms with Crippen molar-refractivity contribution in [3.05, 3.63) is 46.9 Å². The quantitative estimate of drug-likeness (QED) is 0.663. The van der Waals surface area contributed by atoms with Crippen molar-refractivity contribution < 1.29 is 14.3 Å². The number of hydrogen-bond donors (Lipinski definition) is 2. The van der Waals surface area contributed by atoms with Crippen LogP contribution in [0.2, 0.25) is 5.02 Å². The van der Waals surface area contributed by atoms with Gasteiger partial charge in [0, 0.05) is 15.6 Å². The maximum absolute atomic E-state index is 10.6. The Hall–Kier alpha value is -1.59. The van der Waals surface area contributed by atoms with Gasteiger partial charge in [0.15, 0.2) is 0 Å². The second-order valence-corrected chi connectivity index (χ2v) is 5.00. The van der Waals surface area contributed by atoms with Gasteiger partial charge in [-0.05, 0) is 30.3 Å². The van der Waals surface area contributed by atoms with Crippen molar-refractivity contribution in [1.82, 2.24) is 0 Å². The predicted octanol–water partition coefficient (Wildman–Crippen LogP) is 3.51. The molecule has 18 heavy (non-hydrogen) atoms. The molecule has 0 aliphatic rings. The van der Waals surface area contributed by atoms with Gasteiger partial charge in [-0.3, -0.25) is 0 Å². The summed E-state index contributed by atoms with van der Waals surface area (Å²) in [6.45, 7) is 0. The number of carboxylic acid groups (broad SMARTS) is 1. The molecule has 0 bridgehead atoms. The van der Waals surface area contributed by atoms with Crippen LogP contribution in [0, 0.1) is 0 Å². The first-order valence-corrected chi connectivity index (χ1v) is 6.42. The van der Waals surface area contributed by atoms with Crippen LogP contribution in [0.5, 0.6) is 0 Å². The number of thioether (sulfide) groups is 1. The van der Waals surface area contributed by atoms with Crippen LogP contribution >= 0.6 is 23.4 Å². The number of nitrogens with two attached hydrogens (primary N) is 1. The van der Waals surface area contributed by atoms with Gasteiger partial charge in [0.05, 0.1) is 5.75 Å². The molecule has 2 aromatic rings. The minimum atomic E-state index is -1.08. The van der Waals surface area contributed by atoms with Crippen LogP contribution in [-0.2, 0) is 5.75 Å². The van der Waals surface area contributed by atoms with Crippen LogP contribution < -0.4 is 5.73 Å². The number of anilines is 1. The molecule has 0 saturated heterocycles. The number of rotatable bonds is 4. The number of aromatic carboxylic acids is 1. The van der Waals surface area contributed by atoms with E-state index in [2.05, 4.69) is 0 Å². The standard InChI is InChI=1S/C12H10ClNO3S/c13-7-1-3-9(14)11(5-7)18-6-8-2-4-10(17-8)12(15)16/h1-5H,6,14H2,(H,15,16). The molecule has 0 amide bonds. The number of carboxylic acids is 1. The van der Waals surface area contributed by atoms with Gasteiger partial charge < -0.3 is 15.3 Å². The van der Waals surface area contributed by atoms with Gasteiger partial charge in [0.2, 0.25) is 5.76 Å². The van der Waals surface area contributed by atoms with Crippen molar-refractivity contribution in [2.45, 2.75) is 10.6 Å². The van der Waals surface area contributed by atoms with Crippen LogP contribution in [0.4, 0.5) is 5.69 Å². The lowest BCUT2D eigenvalue weighted by molar-refractivity contribution is 0.0661. The zero-order valence-electron chi connectivity index (χ0n) is 9.22. The van der Waals surface area contributed by atoms with E-state index < -0.39 is 5.97 Å². The number of nitrogen functional groups attached to an aromatic ring is 1. The van der Waals surface area contributed by atoms with Crippen molar-refractivity contribution in [2.75, 3.05) is 5.73 Å². The van der Waals surface area contributed by atoms with Gasteiger partial charge in [0.25, 0.3) is 0 Å². The molecule has 1 aromatic heterocycles. The Morgan fingerprint density at radius 1 is 1.39 bits per heavy atom. The summed E-state index contributed by atoms with van der Waals surface area (Å²) in [5, 5.41) is 9.33. The smallest absolute Gasteiger partial charge is 0.371 e. The van der Waals surface area contributed by atoms with Gasteiger partial charge in [-0.25, -0.2) is 4.79 Å². The van der Waals surface area contributed by atoms with E-state index in [1.165, 1.54) is 17.8 Å². The Balaban J connectivity index is 2.06. The summed E-state index contributed by atoms with van der Waals surface area (Å²) in [7, 11) is 0. The molecule has 1 aromatic carbocycles. The molecule has 4 nitrogen and oxygen atoms in total. The molecule has 0 atom stereocenters. The van der Waals surface area contributed by atoms with E-state index in [4.69, 9.17) is 26.9 Å². The summed E-state index contributed by atoms with van der Waals surface area (Å²) >= 11 is 7.32. The van der Waals surface area contributed by atoms with Crippen molar-refractivity contribution in [1.29, 1.82) is 0 Å². The highest BCUT2D eigenvalue weighted by Crippen LogP contribution is 2.30. The highest BCUT2D eigenvalue weighted by Gasteiger charge is 2.09. The van der Waals surface area contributed by atoms with E-state index in [1.54, 1.807) is 24.3 Å². The van der Waals surface area contributed by atoms with Gasteiger partial charge in [-0.1, -0.05) is 11.6 Å². The molecule has 6 heteroatoms. The first-order valence-electron chi connectivity index (χ1n) is 5.06. The van der Waals surface area contributed by atoms with Crippen LogP contribution in [0.3, 0.4) is 0 Å². The topological polar surface area (TPSA) is 76.5 Å². The lowest BCUT2D eigenvalue weighted by Gasteiger charge is -2.04. The Labute approximate surface area is 113 Å². The number of halogens is 1. The van der Waals surface area contributed by atoms with E-state index in [0.29, 0.717) is 22.2 Å². The molecule has 1 heterocycles. The number of furan rings is 1. The average molecular weight is 284 g/mol. The molecule has 0 aliphatic heterocycles. The number of hydrogen-bond acceptors (Lipinski definition) is 4. The normalized spacial score (nSPS) is 10.5. The van der Waals surface area contributed by atoms with Crippen LogP contribution in [0.1, 0.15) is 16.3 Å². The van der Waals surface area contributed by atoms with E-state index in [-0.39, 0.29) is 5.76 Å².